The molecule has 0 bridgehead atoms. The number of sulfone groups is 1. The first kappa shape index (κ1) is 66.3. The summed E-state index contributed by atoms with van der Waals surface area (Å²) in [6, 6.07) is 19.0. The predicted molar refractivity (Wildman–Crippen MR) is 319 cm³/mol. The van der Waals surface area contributed by atoms with Crippen LogP contribution in [0.4, 0.5) is 23.1 Å². The van der Waals surface area contributed by atoms with Crippen LogP contribution in [0.25, 0.3) is 4.91 Å². The fourth-order valence-corrected chi connectivity index (χ4v) is 10.0. The number of primary amides is 1. The molecule has 0 spiro atoms. The maximum atomic E-state index is 13.0. The molecular formula is C60H90N8O8S2. The summed E-state index contributed by atoms with van der Waals surface area (Å²) in [5.74, 6) is 1.86. The Morgan fingerprint density at radius 2 is 1.49 bits per heavy atom. The molecule has 2 fully saturated rings. The van der Waals surface area contributed by atoms with E-state index in [0.29, 0.717) is 81.0 Å². The van der Waals surface area contributed by atoms with Crippen LogP contribution >= 0.6 is 12.6 Å². The highest BCUT2D eigenvalue weighted by atomic mass is 32.2. The molecule has 1 aromatic heterocycles. The van der Waals surface area contributed by atoms with Crippen LogP contribution in [0, 0.1) is 19.3 Å². The molecule has 2 aliphatic rings. The van der Waals surface area contributed by atoms with Gasteiger partial charge in [0.05, 0.1) is 33.7 Å². The van der Waals surface area contributed by atoms with E-state index in [9.17, 15) is 32.7 Å². The van der Waals surface area contributed by atoms with E-state index in [2.05, 4.69) is 73.4 Å². The van der Waals surface area contributed by atoms with Crippen molar-refractivity contribution in [2.24, 2.45) is 11.1 Å². The lowest BCUT2D eigenvalue weighted by Crippen LogP contribution is -2.37. The van der Waals surface area contributed by atoms with Gasteiger partial charge in [-0.15, -0.1) is 12.6 Å². The number of unbranched alkanes of at least 4 members (excludes halogenated alkanes) is 2. The molecule has 78 heavy (non-hydrogen) atoms. The van der Waals surface area contributed by atoms with E-state index in [4.69, 9.17) is 15.5 Å². The highest BCUT2D eigenvalue weighted by Crippen LogP contribution is 2.39. The summed E-state index contributed by atoms with van der Waals surface area (Å²) >= 11 is 4.43. The molecule has 18 heteroatoms. The minimum absolute atomic E-state index is 0.0463. The van der Waals surface area contributed by atoms with Crippen LogP contribution < -0.4 is 26.4 Å². The van der Waals surface area contributed by atoms with Crippen molar-refractivity contribution >= 4 is 74.6 Å². The maximum absolute atomic E-state index is 13.0. The van der Waals surface area contributed by atoms with Crippen molar-refractivity contribution < 1.29 is 37.4 Å². The number of amides is 4. The Labute approximate surface area is 471 Å². The predicted octanol–water partition coefficient (Wildman–Crippen LogP) is 11.3. The molecule has 16 nitrogen and oxygen atoms in total. The number of rotatable bonds is 20. The Hall–Kier alpha value is -5.98. The Balaban J connectivity index is 0.000000430. The summed E-state index contributed by atoms with van der Waals surface area (Å²) in [6.07, 6.45) is 8.24. The highest BCUT2D eigenvalue weighted by Gasteiger charge is 2.29. The molecule has 3 aromatic carbocycles. The van der Waals surface area contributed by atoms with Gasteiger partial charge >= 0.3 is 0 Å². The number of aliphatic hydroxyl groups is 1. The van der Waals surface area contributed by atoms with Crippen LogP contribution in [0.1, 0.15) is 168 Å². The number of aryl methyl sites for hydroxylation is 2. The smallest absolute Gasteiger partial charge is 0.229 e. The summed E-state index contributed by atoms with van der Waals surface area (Å²) in [7, 11) is -3.52. The Morgan fingerprint density at radius 1 is 0.859 bits per heavy atom. The molecule has 1 atom stereocenters. The standard InChI is InChI=1S/C36H50N6O5S.C12H15NOS.C10H19NO2.C2H6/c1-23(2)47-31-21-28(27-16-18-42(19-17-27)34(44)15-9-7-8-14-33(37)43)25(5)20-30(31)40-36-38-22-26(6)35(41-36)39-29-12-10-11-13-32(29)48(45,46)24(3)4;1-9(2)12(15)11-5-3-10(4-6-11)7-13-8-14;1-10(2,3)6-9(13)11-5-4-8(12)7-11;1-2/h10-13,20-24,27H,7-9,14-19H2,1-6H3,(H2,37,43)(H2,38,39,40,41);3-6,8,15H,7H2,1-2H3,(H,13,14);8,12H,4-7H2,1-3H3;1-2H3. The Morgan fingerprint density at radius 3 is 2.05 bits per heavy atom. The third-order valence-corrected chi connectivity index (χ3v) is 15.8. The zero-order valence-electron chi connectivity index (χ0n) is 48.7. The lowest BCUT2D eigenvalue weighted by molar-refractivity contribution is -0.133. The van der Waals surface area contributed by atoms with Gasteiger partial charge < -0.3 is 41.3 Å². The first-order chi connectivity index (χ1) is 36.8. The van der Waals surface area contributed by atoms with Gasteiger partial charge in [0.1, 0.15) is 11.6 Å². The number of likely N-dealkylation sites (tertiary alicyclic amines) is 2. The number of nitrogens with two attached hydrogens (primary N) is 1. The van der Waals surface area contributed by atoms with Crippen LogP contribution in [0.3, 0.4) is 0 Å². The molecule has 0 aliphatic carbocycles. The van der Waals surface area contributed by atoms with E-state index in [1.807, 2.05) is 77.6 Å². The van der Waals surface area contributed by atoms with Crippen LogP contribution in [0.15, 0.2) is 77.3 Å². The number of benzene rings is 3. The zero-order valence-corrected chi connectivity index (χ0v) is 50.4. The SMILES string of the molecule is CC.CC(C)(C)CC(=O)N1CCC(O)C1.CC(C)=C(S)c1ccc(CNC=O)cc1.Cc1cc(Nc2ncc(C)c(Nc3ccccc3S(=O)(=O)C(C)C)n2)c(OC(C)C)cc1C1CCN(C(=O)CCCCCC(N)=O)CC1. The summed E-state index contributed by atoms with van der Waals surface area (Å²) < 4.78 is 32.3. The monoisotopic (exact) mass is 1110 g/mol. The average Bonchev–Trinajstić information content (AvgIpc) is 3.84. The topological polar surface area (TPSA) is 226 Å². The number of anilines is 4. The molecule has 0 radical (unpaired) electrons. The van der Waals surface area contributed by atoms with E-state index >= 15 is 0 Å². The minimum Gasteiger partial charge on any atom is -0.489 e. The number of β-amino-alcohol motifs (C(OH)–C–C–N with tert-alkyl or cyclic N) is 1. The number of carbonyl (C=O) groups is 4. The first-order valence-corrected chi connectivity index (χ1v) is 29.4. The number of nitrogens with zero attached hydrogens (tertiary/aromatic N) is 4. The number of ether oxygens (including phenoxy) is 1. The van der Waals surface area contributed by atoms with Crippen molar-refractivity contribution in [2.45, 2.75) is 183 Å². The summed E-state index contributed by atoms with van der Waals surface area (Å²) in [6.45, 7) is 28.7. The number of aromatic nitrogens is 2. The molecule has 6 rings (SSSR count). The maximum Gasteiger partial charge on any atom is 0.229 e. The van der Waals surface area contributed by atoms with Crippen LogP contribution in [0.5, 0.6) is 5.75 Å². The minimum atomic E-state index is -3.52. The number of allylic oxidation sites excluding steroid dienone is 1. The fraction of sp³-hybridized carbons (Fsp3) is 0.533. The Bertz CT molecular complexity index is 2710. The van der Waals surface area contributed by atoms with Crippen molar-refractivity contribution in [3.8, 4) is 5.75 Å². The molecule has 0 saturated carbocycles. The molecule has 3 heterocycles. The number of para-hydroxylation sites is 1. The number of hydrogen-bond donors (Lipinski definition) is 6. The quantitative estimate of drug-likeness (QED) is 0.0276. The summed E-state index contributed by atoms with van der Waals surface area (Å²) in [5.41, 5.74) is 12.9. The molecule has 1 unspecified atom stereocenters. The fourth-order valence-electron chi connectivity index (χ4n) is 8.65. The molecule has 6 N–H and O–H groups in total. The van der Waals surface area contributed by atoms with Crippen molar-refractivity contribution in [1.82, 2.24) is 25.1 Å². The van der Waals surface area contributed by atoms with Crippen molar-refractivity contribution in [3.05, 3.63) is 100 Å². The van der Waals surface area contributed by atoms with Gasteiger partial charge in [-0.2, -0.15) is 4.98 Å². The van der Waals surface area contributed by atoms with Gasteiger partial charge in [-0.25, -0.2) is 13.4 Å². The van der Waals surface area contributed by atoms with E-state index in [0.717, 1.165) is 77.9 Å². The molecule has 4 aromatic rings. The number of piperidine rings is 1. The number of carbonyl (C=O) groups excluding carboxylic acids is 4. The third kappa shape index (κ3) is 21.7. The number of aliphatic hydroxyl groups excluding tert-OH is 1. The van der Waals surface area contributed by atoms with Gasteiger partial charge in [0.15, 0.2) is 9.84 Å². The van der Waals surface area contributed by atoms with Crippen LogP contribution in [0.2, 0.25) is 0 Å². The number of nitrogens with one attached hydrogen (secondary N) is 3. The molecule has 4 amide bonds. The second-order valence-electron chi connectivity index (χ2n) is 21.7. The third-order valence-electron chi connectivity index (χ3n) is 12.9. The van der Waals surface area contributed by atoms with E-state index in [1.165, 1.54) is 11.1 Å². The molecule has 430 valence electrons. The van der Waals surface area contributed by atoms with Gasteiger partial charge in [0, 0.05) is 68.7 Å². The molecule has 2 aliphatic heterocycles. The van der Waals surface area contributed by atoms with E-state index in [-0.39, 0.29) is 40.2 Å². The largest absolute Gasteiger partial charge is 0.489 e. The highest BCUT2D eigenvalue weighted by molar-refractivity contribution is 7.92. The lowest BCUT2D eigenvalue weighted by atomic mass is 9.86. The van der Waals surface area contributed by atoms with Gasteiger partial charge in [0.2, 0.25) is 30.1 Å². The van der Waals surface area contributed by atoms with E-state index in [1.54, 1.807) is 49.2 Å². The van der Waals surface area contributed by atoms with Gasteiger partial charge in [-0.3, -0.25) is 19.2 Å². The summed E-state index contributed by atoms with van der Waals surface area (Å²) in [5, 5.41) is 17.9. The summed E-state index contributed by atoms with van der Waals surface area (Å²) in [4.78, 5) is 59.6. The van der Waals surface area contributed by atoms with Crippen molar-refractivity contribution in [3.63, 3.8) is 0 Å². The average molecular weight is 1120 g/mol. The Kier molecular flexibility index (Phi) is 27.4. The number of thiol groups is 1. The molecular weight excluding hydrogens is 1020 g/mol. The van der Waals surface area contributed by atoms with Crippen LogP contribution in [-0.2, 0) is 35.6 Å². The first-order valence-electron chi connectivity index (χ1n) is 27.5. The van der Waals surface area contributed by atoms with Gasteiger partial charge in [-0.1, -0.05) is 83.0 Å². The zero-order chi connectivity index (χ0) is 58.3. The number of hydrogen-bond acceptors (Lipinski definition) is 13. The normalized spacial score (nSPS) is 14.4. The second-order valence-corrected chi connectivity index (χ2v) is 24.6. The van der Waals surface area contributed by atoms with Gasteiger partial charge in [-0.05, 0) is 145 Å². The molecule has 2 saturated heterocycles. The lowest BCUT2D eigenvalue weighted by Gasteiger charge is -2.33. The van der Waals surface area contributed by atoms with Crippen molar-refractivity contribution in [1.29, 1.82) is 0 Å². The second kappa shape index (κ2) is 32.2. The van der Waals surface area contributed by atoms with Crippen LogP contribution in [-0.4, -0.2) is 101 Å². The van der Waals surface area contributed by atoms with Gasteiger partial charge in [0.25, 0.3) is 0 Å². The van der Waals surface area contributed by atoms with Crippen molar-refractivity contribution in [2.75, 3.05) is 36.8 Å². The van der Waals surface area contributed by atoms with E-state index < -0.39 is 15.1 Å².